The molecule has 1 aliphatic rings. The molecule has 1 aromatic carbocycles. The fourth-order valence-electron chi connectivity index (χ4n) is 3.35. The number of hydrogen-bond donors (Lipinski definition) is 2. The van der Waals surface area contributed by atoms with Crippen LogP contribution < -0.4 is 10.6 Å². The molecule has 6 heteroatoms. The summed E-state index contributed by atoms with van der Waals surface area (Å²) < 4.78 is 0. The number of guanidine groups is 1. The summed E-state index contributed by atoms with van der Waals surface area (Å²) >= 11 is 1.76. The summed E-state index contributed by atoms with van der Waals surface area (Å²) in [4.78, 5) is 12.7. The molecule has 2 aromatic rings. The van der Waals surface area contributed by atoms with E-state index in [0.29, 0.717) is 12.6 Å². The van der Waals surface area contributed by atoms with Gasteiger partial charge in [0.15, 0.2) is 5.96 Å². The van der Waals surface area contributed by atoms with E-state index >= 15 is 0 Å². The van der Waals surface area contributed by atoms with Gasteiger partial charge < -0.3 is 10.6 Å². The lowest BCUT2D eigenvalue weighted by atomic mass is 10.1. The van der Waals surface area contributed by atoms with Gasteiger partial charge in [-0.3, -0.25) is 9.89 Å². The molecule has 0 spiro atoms. The molecule has 1 fully saturated rings. The number of aromatic nitrogens is 1. The Hall–Kier alpha value is -1.92. The topological polar surface area (TPSA) is 52.6 Å². The van der Waals surface area contributed by atoms with Gasteiger partial charge in [-0.2, -0.15) is 0 Å². The molecule has 0 radical (unpaired) electrons. The first-order valence-electron chi connectivity index (χ1n) is 9.47. The average molecular weight is 372 g/mol. The Bertz CT molecular complexity index is 691. The van der Waals surface area contributed by atoms with Crippen molar-refractivity contribution in [2.24, 2.45) is 4.99 Å². The van der Waals surface area contributed by atoms with Gasteiger partial charge in [-0.15, -0.1) is 11.3 Å². The third kappa shape index (κ3) is 5.05. The van der Waals surface area contributed by atoms with E-state index in [1.807, 2.05) is 13.2 Å². The van der Waals surface area contributed by atoms with Crippen LogP contribution in [-0.2, 0) is 13.0 Å². The predicted octanol–water partition coefficient (Wildman–Crippen LogP) is 3.21. The Morgan fingerprint density at radius 3 is 2.65 bits per heavy atom. The van der Waals surface area contributed by atoms with Crippen LogP contribution in [0, 0.1) is 0 Å². The smallest absolute Gasteiger partial charge is 0.191 e. The first-order valence-corrected chi connectivity index (χ1v) is 10.3. The van der Waals surface area contributed by atoms with E-state index in [1.54, 1.807) is 11.3 Å². The van der Waals surface area contributed by atoms with E-state index in [4.69, 9.17) is 0 Å². The highest BCUT2D eigenvalue weighted by molar-refractivity contribution is 7.11. The Kier molecular flexibility index (Phi) is 7.03. The highest BCUT2D eigenvalue weighted by Crippen LogP contribution is 2.24. The number of likely N-dealkylation sites (tertiary alicyclic amines) is 1. The summed E-state index contributed by atoms with van der Waals surface area (Å²) in [6.07, 6.45) is 5.59. The Balaban J connectivity index is 1.57. The molecule has 5 nitrogen and oxygen atoms in total. The van der Waals surface area contributed by atoms with Crippen molar-refractivity contribution in [2.75, 3.05) is 26.7 Å². The fourth-order valence-corrected chi connectivity index (χ4v) is 4.15. The van der Waals surface area contributed by atoms with E-state index in [9.17, 15) is 0 Å². The van der Waals surface area contributed by atoms with E-state index in [1.165, 1.54) is 36.4 Å². The van der Waals surface area contributed by atoms with Crippen LogP contribution >= 0.6 is 11.3 Å². The maximum atomic E-state index is 4.46. The molecule has 1 unspecified atom stereocenters. The molecule has 1 saturated heterocycles. The van der Waals surface area contributed by atoms with Crippen LogP contribution in [0.1, 0.15) is 41.3 Å². The molecule has 3 rings (SSSR count). The van der Waals surface area contributed by atoms with Crippen LogP contribution in [0.15, 0.2) is 41.5 Å². The van der Waals surface area contributed by atoms with Gasteiger partial charge in [-0.25, -0.2) is 4.98 Å². The van der Waals surface area contributed by atoms with Crippen LogP contribution in [0.4, 0.5) is 0 Å². The fraction of sp³-hybridized carbons (Fsp3) is 0.500. The van der Waals surface area contributed by atoms with Crippen LogP contribution in [0.5, 0.6) is 0 Å². The SMILES string of the molecule is CCc1cnc(CNC(=NC)NCC(c2ccccc2)N2CCCC2)s1. The van der Waals surface area contributed by atoms with Crippen LogP contribution in [-0.4, -0.2) is 42.5 Å². The highest BCUT2D eigenvalue weighted by Gasteiger charge is 2.23. The Morgan fingerprint density at radius 2 is 2.00 bits per heavy atom. The molecule has 26 heavy (non-hydrogen) atoms. The maximum Gasteiger partial charge on any atom is 0.191 e. The van der Waals surface area contributed by atoms with Gasteiger partial charge in [0, 0.05) is 24.7 Å². The number of benzene rings is 1. The molecule has 140 valence electrons. The minimum atomic E-state index is 0.379. The molecule has 0 amide bonds. The lowest BCUT2D eigenvalue weighted by Crippen LogP contribution is -2.42. The lowest BCUT2D eigenvalue weighted by Gasteiger charge is -2.28. The summed E-state index contributed by atoms with van der Waals surface area (Å²) in [5.41, 5.74) is 1.37. The maximum absolute atomic E-state index is 4.46. The van der Waals surface area contributed by atoms with Crippen molar-refractivity contribution in [3.63, 3.8) is 0 Å². The summed E-state index contributed by atoms with van der Waals surface area (Å²) in [5, 5.41) is 8.00. The van der Waals surface area contributed by atoms with Crippen molar-refractivity contribution >= 4 is 17.3 Å². The average Bonchev–Trinajstić information content (AvgIpc) is 3.37. The number of nitrogens with zero attached hydrogens (tertiary/aromatic N) is 3. The summed E-state index contributed by atoms with van der Waals surface area (Å²) in [6.45, 7) is 6.07. The molecule has 1 aliphatic heterocycles. The Labute approximate surface area is 160 Å². The number of nitrogens with one attached hydrogen (secondary N) is 2. The molecular formula is C20H29N5S. The normalized spacial score (nSPS) is 16.6. The van der Waals surface area contributed by atoms with E-state index in [-0.39, 0.29) is 0 Å². The number of aryl methyl sites for hydroxylation is 1. The highest BCUT2D eigenvalue weighted by atomic mass is 32.1. The van der Waals surface area contributed by atoms with Crippen LogP contribution in [0.25, 0.3) is 0 Å². The van der Waals surface area contributed by atoms with Gasteiger partial charge in [0.1, 0.15) is 5.01 Å². The second-order valence-electron chi connectivity index (χ2n) is 6.55. The largest absolute Gasteiger partial charge is 0.354 e. The summed E-state index contributed by atoms with van der Waals surface area (Å²) in [7, 11) is 1.82. The molecule has 0 aliphatic carbocycles. The van der Waals surface area contributed by atoms with Gasteiger partial charge in [0.05, 0.1) is 12.6 Å². The number of rotatable bonds is 7. The molecule has 2 N–H and O–H groups in total. The number of hydrogen-bond acceptors (Lipinski definition) is 4. The van der Waals surface area contributed by atoms with Crippen molar-refractivity contribution in [1.82, 2.24) is 20.5 Å². The first kappa shape index (κ1) is 18.9. The second-order valence-corrected chi connectivity index (χ2v) is 7.75. The zero-order valence-corrected chi connectivity index (χ0v) is 16.6. The van der Waals surface area contributed by atoms with Crippen molar-refractivity contribution < 1.29 is 0 Å². The molecular weight excluding hydrogens is 342 g/mol. The minimum Gasteiger partial charge on any atom is -0.354 e. The zero-order valence-electron chi connectivity index (χ0n) is 15.7. The standard InChI is InChI=1S/C20H29N5S/c1-3-17-13-22-19(26-17)15-24-20(21-2)23-14-18(25-11-7-8-12-25)16-9-5-4-6-10-16/h4-6,9-10,13,18H,3,7-8,11-12,14-15H2,1-2H3,(H2,21,23,24). The van der Waals surface area contributed by atoms with Crippen molar-refractivity contribution in [3.8, 4) is 0 Å². The second kappa shape index (κ2) is 9.69. The zero-order chi connectivity index (χ0) is 18.2. The molecule has 0 bridgehead atoms. The van der Waals surface area contributed by atoms with Crippen LogP contribution in [0.2, 0.25) is 0 Å². The van der Waals surface area contributed by atoms with Gasteiger partial charge >= 0.3 is 0 Å². The predicted molar refractivity (Wildman–Crippen MR) is 110 cm³/mol. The molecule has 0 saturated carbocycles. The molecule has 1 atom stereocenters. The van der Waals surface area contributed by atoms with E-state index < -0.39 is 0 Å². The quantitative estimate of drug-likeness (QED) is 0.580. The van der Waals surface area contributed by atoms with E-state index in [2.05, 4.69) is 62.8 Å². The molecule has 2 heterocycles. The third-order valence-corrected chi connectivity index (χ3v) is 5.95. The van der Waals surface area contributed by atoms with Gasteiger partial charge in [-0.05, 0) is 37.9 Å². The van der Waals surface area contributed by atoms with Gasteiger partial charge in [-0.1, -0.05) is 37.3 Å². The van der Waals surface area contributed by atoms with Crippen molar-refractivity contribution in [2.45, 2.75) is 38.8 Å². The number of aliphatic imine (C=N–C) groups is 1. The molecule has 1 aromatic heterocycles. The summed E-state index contributed by atoms with van der Waals surface area (Å²) in [6, 6.07) is 11.2. The van der Waals surface area contributed by atoms with Crippen molar-refractivity contribution in [1.29, 1.82) is 0 Å². The van der Waals surface area contributed by atoms with Gasteiger partial charge in [0.2, 0.25) is 0 Å². The first-order chi connectivity index (χ1) is 12.8. The van der Waals surface area contributed by atoms with E-state index in [0.717, 1.165) is 23.9 Å². The Morgan fingerprint density at radius 1 is 1.23 bits per heavy atom. The van der Waals surface area contributed by atoms with Crippen LogP contribution in [0.3, 0.4) is 0 Å². The monoisotopic (exact) mass is 371 g/mol. The minimum absolute atomic E-state index is 0.379. The van der Waals surface area contributed by atoms with Crippen molar-refractivity contribution in [3.05, 3.63) is 52.0 Å². The third-order valence-electron chi connectivity index (χ3n) is 4.81. The number of thiazole rings is 1. The summed E-state index contributed by atoms with van der Waals surface area (Å²) in [5.74, 6) is 0.832. The lowest BCUT2D eigenvalue weighted by molar-refractivity contribution is 0.245. The van der Waals surface area contributed by atoms with Gasteiger partial charge in [0.25, 0.3) is 0 Å².